The zero-order chi connectivity index (χ0) is 15.1. The van der Waals surface area contributed by atoms with Gasteiger partial charge >= 0.3 is 0 Å². The minimum Gasteiger partial charge on any atom is -0.481 e. The Bertz CT molecular complexity index is 537. The average Bonchev–Trinajstić information content (AvgIpc) is 2.54. The van der Waals surface area contributed by atoms with Crippen molar-refractivity contribution >= 4 is 0 Å². The Morgan fingerprint density at radius 2 is 1.86 bits per heavy atom. The van der Waals surface area contributed by atoms with Gasteiger partial charge in [-0.25, -0.2) is 4.98 Å². The summed E-state index contributed by atoms with van der Waals surface area (Å²) in [5.41, 5.74) is 6.56. The molecule has 1 heterocycles. The number of benzene rings is 1. The molecule has 0 radical (unpaired) electrons. The molecule has 4 nitrogen and oxygen atoms in total. The first-order valence-corrected chi connectivity index (χ1v) is 7.30. The molecule has 1 aromatic carbocycles. The summed E-state index contributed by atoms with van der Waals surface area (Å²) in [4.78, 5) is 4.23. The summed E-state index contributed by atoms with van der Waals surface area (Å²) in [5, 5.41) is 0. The number of rotatable bonds is 7. The molecule has 21 heavy (non-hydrogen) atoms. The Labute approximate surface area is 126 Å². The second-order valence-electron chi connectivity index (χ2n) is 5.12. The lowest BCUT2D eigenvalue weighted by atomic mass is 9.98. The van der Waals surface area contributed by atoms with Crippen molar-refractivity contribution in [3.8, 4) is 5.88 Å². The molecule has 0 aliphatic heterocycles. The van der Waals surface area contributed by atoms with E-state index in [1.54, 1.807) is 7.11 Å². The van der Waals surface area contributed by atoms with Gasteiger partial charge in [0.05, 0.1) is 13.2 Å². The van der Waals surface area contributed by atoms with Crippen LogP contribution < -0.4 is 16.0 Å². The summed E-state index contributed by atoms with van der Waals surface area (Å²) in [6.45, 7) is 2.19. The third kappa shape index (κ3) is 4.28. The van der Waals surface area contributed by atoms with Gasteiger partial charge in [0.15, 0.2) is 0 Å². The predicted octanol–water partition coefficient (Wildman–Crippen LogP) is 2.79. The fourth-order valence-corrected chi connectivity index (χ4v) is 2.37. The van der Waals surface area contributed by atoms with Gasteiger partial charge in [0.1, 0.15) is 0 Å². The minimum atomic E-state index is 0.0795. The quantitative estimate of drug-likeness (QED) is 0.606. The molecule has 0 bridgehead atoms. The van der Waals surface area contributed by atoms with Gasteiger partial charge in [0, 0.05) is 12.3 Å². The fraction of sp³-hybridized carbons (Fsp3) is 0.353. The summed E-state index contributed by atoms with van der Waals surface area (Å²) < 4.78 is 5.07. The Morgan fingerprint density at radius 1 is 1.14 bits per heavy atom. The van der Waals surface area contributed by atoms with Crippen molar-refractivity contribution in [3.05, 3.63) is 59.3 Å². The van der Waals surface area contributed by atoms with Crippen LogP contribution in [-0.2, 0) is 12.8 Å². The number of hydrogen-bond donors (Lipinski definition) is 2. The standard InChI is InChI=1S/C17H23N3O/c1-3-4-13-5-8-15(9-6-13)16(20-18)11-14-7-10-17(21-2)19-12-14/h5-10,12,16,20H,3-4,11,18H2,1-2H3. The number of nitrogens with one attached hydrogen (secondary N) is 1. The largest absolute Gasteiger partial charge is 0.481 e. The van der Waals surface area contributed by atoms with Crippen LogP contribution in [0.3, 0.4) is 0 Å². The van der Waals surface area contributed by atoms with Crippen LogP contribution in [-0.4, -0.2) is 12.1 Å². The molecule has 3 N–H and O–H groups in total. The first-order chi connectivity index (χ1) is 10.3. The summed E-state index contributed by atoms with van der Waals surface area (Å²) in [6, 6.07) is 12.6. The molecule has 0 saturated carbocycles. The van der Waals surface area contributed by atoms with Crippen molar-refractivity contribution in [3.63, 3.8) is 0 Å². The third-order valence-corrected chi connectivity index (χ3v) is 3.57. The average molecular weight is 285 g/mol. The van der Waals surface area contributed by atoms with Crippen molar-refractivity contribution in [2.45, 2.75) is 32.2 Å². The molecule has 2 aromatic rings. The lowest BCUT2D eigenvalue weighted by Crippen LogP contribution is -2.29. The highest BCUT2D eigenvalue weighted by Crippen LogP contribution is 2.19. The van der Waals surface area contributed by atoms with Gasteiger partial charge in [-0.2, -0.15) is 0 Å². The van der Waals surface area contributed by atoms with Crippen LogP contribution in [0, 0.1) is 0 Å². The maximum Gasteiger partial charge on any atom is 0.212 e. The molecule has 2 rings (SSSR count). The van der Waals surface area contributed by atoms with Gasteiger partial charge in [-0.15, -0.1) is 0 Å². The van der Waals surface area contributed by atoms with Crippen LogP contribution in [0.15, 0.2) is 42.6 Å². The van der Waals surface area contributed by atoms with Gasteiger partial charge in [0.2, 0.25) is 5.88 Å². The Morgan fingerprint density at radius 3 is 2.38 bits per heavy atom. The maximum absolute atomic E-state index is 5.71. The molecule has 0 amide bonds. The van der Waals surface area contributed by atoms with Gasteiger partial charge in [-0.3, -0.25) is 11.3 Å². The van der Waals surface area contributed by atoms with Crippen molar-refractivity contribution in [1.29, 1.82) is 0 Å². The predicted molar refractivity (Wildman–Crippen MR) is 85.0 cm³/mol. The lowest BCUT2D eigenvalue weighted by molar-refractivity contribution is 0.397. The number of nitrogens with zero attached hydrogens (tertiary/aromatic N) is 1. The van der Waals surface area contributed by atoms with Crippen LogP contribution in [0.2, 0.25) is 0 Å². The van der Waals surface area contributed by atoms with E-state index < -0.39 is 0 Å². The first kappa shape index (κ1) is 15.5. The highest BCUT2D eigenvalue weighted by molar-refractivity contribution is 5.27. The Balaban J connectivity index is 2.07. The van der Waals surface area contributed by atoms with Gasteiger partial charge < -0.3 is 4.74 Å². The van der Waals surface area contributed by atoms with Crippen molar-refractivity contribution in [1.82, 2.24) is 10.4 Å². The number of hydrogen-bond acceptors (Lipinski definition) is 4. The lowest BCUT2D eigenvalue weighted by Gasteiger charge is -2.17. The Hall–Kier alpha value is -1.91. The number of pyridine rings is 1. The molecule has 112 valence electrons. The molecular formula is C17H23N3O. The van der Waals surface area contributed by atoms with E-state index in [4.69, 9.17) is 10.6 Å². The van der Waals surface area contributed by atoms with E-state index in [9.17, 15) is 0 Å². The molecule has 0 fully saturated rings. The normalized spacial score (nSPS) is 12.1. The summed E-state index contributed by atoms with van der Waals surface area (Å²) in [7, 11) is 1.62. The summed E-state index contributed by atoms with van der Waals surface area (Å²) in [5.74, 6) is 6.34. The molecular weight excluding hydrogens is 262 g/mol. The highest BCUT2D eigenvalue weighted by atomic mass is 16.5. The van der Waals surface area contributed by atoms with Crippen LogP contribution >= 0.6 is 0 Å². The van der Waals surface area contributed by atoms with Crippen molar-refractivity contribution in [2.75, 3.05) is 7.11 Å². The van der Waals surface area contributed by atoms with Crippen molar-refractivity contribution in [2.24, 2.45) is 5.84 Å². The SMILES string of the molecule is CCCc1ccc(C(Cc2ccc(OC)nc2)NN)cc1. The van der Waals surface area contributed by atoms with Gasteiger partial charge in [0.25, 0.3) is 0 Å². The number of hydrazine groups is 1. The second-order valence-corrected chi connectivity index (χ2v) is 5.12. The maximum atomic E-state index is 5.71. The van der Waals surface area contributed by atoms with Crippen molar-refractivity contribution < 1.29 is 4.74 Å². The van der Waals surface area contributed by atoms with Gasteiger partial charge in [-0.1, -0.05) is 43.7 Å². The molecule has 1 aromatic heterocycles. The molecule has 1 unspecified atom stereocenters. The molecule has 0 aliphatic carbocycles. The zero-order valence-electron chi connectivity index (χ0n) is 12.7. The van der Waals surface area contributed by atoms with E-state index in [0.29, 0.717) is 5.88 Å². The topological polar surface area (TPSA) is 60.2 Å². The van der Waals surface area contributed by atoms with Crippen LogP contribution in [0.4, 0.5) is 0 Å². The molecule has 0 saturated heterocycles. The highest BCUT2D eigenvalue weighted by Gasteiger charge is 2.11. The number of aryl methyl sites for hydroxylation is 1. The zero-order valence-corrected chi connectivity index (χ0v) is 12.7. The fourth-order valence-electron chi connectivity index (χ4n) is 2.37. The number of aromatic nitrogens is 1. The van der Waals surface area contributed by atoms with Crippen LogP contribution in [0.25, 0.3) is 0 Å². The van der Waals surface area contributed by atoms with Crippen LogP contribution in [0.5, 0.6) is 5.88 Å². The Kier molecular flexibility index (Phi) is 5.72. The van der Waals surface area contributed by atoms with E-state index in [1.807, 2.05) is 18.3 Å². The minimum absolute atomic E-state index is 0.0795. The van der Waals surface area contributed by atoms with E-state index in [2.05, 4.69) is 41.6 Å². The number of methoxy groups -OCH3 is 1. The summed E-state index contributed by atoms with van der Waals surface area (Å²) >= 11 is 0. The van der Waals surface area contributed by atoms with E-state index >= 15 is 0 Å². The smallest absolute Gasteiger partial charge is 0.212 e. The van der Waals surface area contributed by atoms with Gasteiger partial charge in [-0.05, 0) is 29.5 Å². The first-order valence-electron chi connectivity index (χ1n) is 7.30. The van der Waals surface area contributed by atoms with E-state index in [1.165, 1.54) is 11.1 Å². The molecule has 0 spiro atoms. The van der Waals surface area contributed by atoms with E-state index in [-0.39, 0.29) is 6.04 Å². The molecule has 0 aliphatic rings. The van der Waals surface area contributed by atoms with Crippen LogP contribution in [0.1, 0.15) is 36.1 Å². The summed E-state index contributed by atoms with van der Waals surface area (Å²) in [6.07, 6.45) is 4.90. The monoisotopic (exact) mass is 285 g/mol. The number of nitrogens with two attached hydrogens (primary N) is 1. The molecule has 4 heteroatoms. The second kappa shape index (κ2) is 7.76. The molecule has 1 atom stereocenters. The van der Waals surface area contributed by atoms with E-state index in [0.717, 1.165) is 24.8 Å². The number of ether oxygens (including phenoxy) is 1. The third-order valence-electron chi connectivity index (χ3n) is 3.57.